The molecule has 0 aliphatic carbocycles. The molecule has 12 heteroatoms. The fraction of sp³-hybridized carbons (Fsp3) is 0.278. The molecule has 1 aromatic heterocycles. The van der Waals surface area contributed by atoms with Crippen LogP contribution in [0.4, 0.5) is 29.5 Å². The van der Waals surface area contributed by atoms with Gasteiger partial charge >= 0.3 is 12.4 Å². The van der Waals surface area contributed by atoms with Gasteiger partial charge in [0.05, 0.1) is 16.3 Å². The molecule has 30 heavy (non-hydrogen) atoms. The number of pyridine rings is 1. The maximum absolute atomic E-state index is 12.7. The summed E-state index contributed by atoms with van der Waals surface area (Å²) in [5.74, 6) is -1.25. The molecule has 3 rings (SSSR count). The fourth-order valence-corrected chi connectivity index (χ4v) is 2.82. The van der Waals surface area contributed by atoms with Gasteiger partial charge in [-0.05, 0) is 30.3 Å². The molecule has 1 saturated heterocycles. The van der Waals surface area contributed by atoms with Crippen molar-refractivity contribution in [2.75, 3.05) is 36.8 Å². The van der Waals surface area contributed by atoms with E-state index in [2.05, 4.69) is 25.7 Å². The number of carbonyl (C=O) groups is 2. The van der Waals surface area contributed by atoms with E-state index in [1.165, 1.54) is 29.3 Å². The Hall–Kier alpha value is -3.05. The van der Waals surface area contributed by atoms with Gasteiger partial charge in [0.15, 0.2) is 0 Å². The monoisotopic (exact) mass is 443 g/mol. The topological polar surface area (TPSA) is 95.6 Å². The number of hydrogen-bond acceptors (Lipinski definition) is 5. The lowest BCUT2D eigenvalue weighted by atomic mass is 10.1. The number of benzene rings is 1. The van der Waals surface area contributed by atoms with E-state index in [9.17, 15) is 22.8 Å². The van der Waals surface area contributed by atoms with Gasteiger partial charge in [0, 0.05) is 32.4 Å². The van der Waals surface area contributed by atoms with Gasteiger partial charge < -0.3 is 25.6 Å². The lowest BCUT2D eigenvalue weighted by Gasteiger charge is -2.27. The van der Waals surface area contributed by atoms with Crippen molar-refractivity contribution in [1.29, 1.82) is 0 Å². The second-order valence-electron chi connectivity index (χ2n) is 6.24. The van der Waals surface area contributed by atoms with Crippen molar-refractivity contribution >= 4 is 35.0 Å². The normalized spacial score (nSPS) is 14.2. The number of carbonyl (C=O) groups excluding carboxylic acids is 2. The van der Waals surface area contributed by atoms with Crippen molar-refractivity contribution in [3.63, 3.8) is 0 Å². The lowest BCUT2D eigenvalue weighted by Crippen LogP contribution is -2.48. The quantitative estimate of drug-likeness (QED) is 0.673. The summed E-state index contributed by atoms with van der Waals surface area (Å²) in [6, 6.07) is 5.52. The van der Waals surface area contributed by atoms with Crippen LogP contribution in [0.2, 0.25) is 5.02 Å². The smallest absolute Gasteiger partial charge is 0.406 e. The molecule has 2 heterocycles. The Balaban J connectivity index is 1.85. The number of ether oxygens (including phenoxy) is 1. The summed E-state index contributed by atoms with van der Waals surface area (Å²) in [6.07, 6.45) is -3.63. The molecular weight excluding hydrogens is 427 g/mol. The number of urea groups is 1. The third-order valence-electron chi connectivity index (χ3n) is 4.08. The summed E-state index contributed by atoms with van der Waals surface area (Å²) in [6.45, 7) is 2.14. The summed E-state index contributed by atoms with van der Waals surface area (Å²) in [5.41, 5.74) is -0.198. The SMILES string of the molecule is O=C(Nc1ccc(Cl)cn1)c1cc(OC(F)(F)F)ccc1NC(=O)N1CCNCC1. The number of nitrogens with one attached hydrogen (secondary N) is 3. The molecule has 3 amide bonds. The van der Waals surface area contributed by atoms with Crippen LogP contribution in [0.1, 0.15) is 10.4 Å². The Morgan fingerprint density at radius 1 is 1.13 bits per heavy atom. The molecule has 3 N–H and O–H groups in total. The second-order valence-corrected chi connectivity index (χ2v) is 6.67. The highest BCUT2D eigenvalue weighted by atomic mass is 35.5. The van der Waals surface area contributed by atoms with Gasteiger partial charge in [0.2, 0.25) is 0 Å². The van der Waals surface area contributed by atoms with Gasteiger partial charge in [-0.2, -0.15) is 0 Å². The number of amides is 3. The van der Waals surface area contributed by atoms with Crippen molar-refractivity contribution in [2.45, 2.75) is 6.36 Å². The van der Waals surface area contributed by atoms with Crippen LogP contribution in [-0.2, 0) is 0 Å². The molecule has 0 unspecified atom stereocenters. The van der Waals surface area contributed by atoms with Crippen LogP contribution in [0, 0.1) is 0 Å². The zero-order chi connectivity index (χ0) is 21.7. The molecule has 1 fully saturated rings. The van der Waals surface area contributed by atoms with Gasteiger partial charge in [0.1, 0.15) is 11.6 Å². The highest BCUT2D eigenvalue weighted by molar-refractivity contribution is 6.30. The van der Waals surface area contributed by atoms with Crippen LogP contribution in [0.5, 0.6) is 5.75 Å². The minimum absolute atomic E-state index is 0.0273. The molecule has 1 aliphatic rings. The number of nitrogens with zero attached hydrogens (tertiary/aromatic N) is 2. The van der Waals surface area contributed by atoms with Gasteiger partial charge in [-0.3, -0.25) is 4.79 Å². The first-order chi connectivity index (χ1) is 14.2. The number of piperazine rings is 1. The standard InChI is InChI=1S/C18H17ClF3N5O3/c19-11-1-4-15(24-10-11)26-16(28)13-9-12(30-18(20,21)22)2-3-14(13)25-17(29)27-7-5-23-6-8-27/h1-4,9-10,23H,5-8H2,(H,25,29)(H,24,26,28). The van der Waals surface area contributed by atoms with Crippen LogP contribution in [-0.4, -0.2) is 54.4 Å². The van der Waals surface area contributed by atoms with Gasteiger partial charge in [0.25, 0.3) is 5.91 Å². The van der Waals surface area contributed by atoms with Crippen LogP contribution in [0.15, 0.2) is 36.5 Å². The number of hydrogen-bond donors (Lipinski definition) is 3. The molecule has 0 saturated carbocycles. The van der Waals surface area contributed by atoms with Crippen molar-refractivity contribution in [3.05, 3.63) is 47.1 Å². The maximum Gasteiger partial charge on any atom is 0.573 e. The Kier molecular flexibility index (Phi) is 6.63. The van der Waals surface area contributed by atoms with Crippen LogP contribution in [0.3, 0.4) is 0 Å². The largest absolute Gasteiger partial charge is 0.573 e. The predicted octanol–water partition coefficient (Wildman–Crippen LogP) is 3.32. The lowest BCUT2D eigenvalue weighted by molar-refractivity contribution is -0.274. The van der Waals surface area contributed by atoms with Gasteiger partial charge in [-0.15, -0.1) is 13.2 Å². The number of alkyl halides is 3. The molecule has 0 spiro atoms. The molecule has 1 aliphatic heterocycles. The summed E-state index contributed by atoms with van der Waals surface area (Å²) < 4.78 is 41.6. The van der Waals surface area contributed by atoms with Crippen molar-refractivity contribution in [1.82, 2.24) is 15.2 Å². The van der Waals surface area contributed by atoms with Crippen molar-refractivity contribution in [2.24, 2.45) is 0 Å². The minimum Gasteiger partial charge on any atom is -0.406 e. The van der Waals surface area contributed by atoms with E-state index in [0.29, 0.717) is 31.2 Å². The first-order valence-corrected chi connectivity index (χ1v) is 9.18. The molecule has 0 atom stereocenters. The summed E-state index contributed by atoms with van der Waals surface area (Å²) in [4.78, 5) is 30.6. The minimum atomic E-state index is -4.93. The molecule has 160 valence electrons. The third-order valence-corrected chi connectivity index (χ3v) is 4.31. The van der Waals surface area contributed by atoms with E-state index in [1.54, 1.807) is 0 Å². The van der Waals surface area contributed by atoms with E-state index < -0.39 is 24.1 Å². The number of halogens is 4. The Morgan fingerprint density at radius 3 is 2.50 bits per heavy atom. The number of rotatable bonds is 4. The molecule has 1 aromatic carbocycles. The molecular formula is C18H17ClF3N5O3. The highest BCUT2D eigenvalue weighted by Crippen LogP contribution is 2.28. The highest BCUT2D eigenvalue weighted by Gasteiger charge is 2.32. The predicted molar refractivity (Wildman–Crippen MR) is 104 cm³/mol. The fourth-order valence-electron chi connectivity index (χ4n) is 2.71. The van der Waals surface area contributed by atoms with Crippen LogP contribution < -0.4 is 20.7 Å². The van der Waals surface area contributed by atoms with Crippen molar-refractivity contribution in [3.8, 4) is 5.75 Å². The van der Waals surface area contributed by atoms with E-state index in [4.69, 9.17) is 11.6 Å². The zero-order valence-electron chi connectivity index (χ0n) is 15.4. The average Bonchev–Trinajstić information content (AvgIpc) is 2.70. The van der Waals surface area contributed by atoms with E-state index in [0.717, 1.165) is 12.1 Å². The first-order valence-electron chi connectivity index (χ1n) is 8.80. The Labute approximate surface area is 174 Å². The molecule has 2 aromatic rings. The first kappa shape index (κ1) is 21.7. The Morgan fingerprint density at radius 2 is 1.87 bits per heavy atom. The summed E-state index contributed by atoms with van der Waals surface area (Å²) in [5, 5.41) is 8.46. The number of aromatic nitrogens is 1. The Bertz CT molecular complexity index is 918. The molecule has 8 nitrogen and oxygen atoms in total. The summed E-state index contributed by atoms with van der Waals surface area (Å²) in [7, 11) is 0. The molecule has 0 bridgehead atoms. The second kappa shape index (κ2) is 9.18. The van der Waals surface area contributed by atoms with Gasteiger partial charge in [-0.1, -0.05) is 11.6 Å². The van der Waals surface area contributed by atoms with Crippen molar-refractivity contribution < 1.29 is 27.5 Å². The average molecular weight is 444 g/mol. The van der Waals surface area contributed by atoms with Crippen LogP contribution in [0.25, 0.3) is 0 Å². The summed E-state index contributed by atoms with van der Waals surface area (Å²) >= 11 is 5.75. The van der Waals surface area contributed by atoms with Gasteiger partial charge in [-0.25, -0.2) is 9.78 Å². The number of anilines is 2. The zero-order valence-corrected chi connectivity index (χ0v) is 16.2. The third kappa shape index (κ3) is 5.97. The van der Waals surface area contributed by atoms with Crippen LogP contribution >= 0.6 is 11.6 Å². The maximum atomic E-state index is 12.7. The van der Waals surface area contributed by atoms with E-state index in [1.807, 2.05) is 0 Å². The van der Waals surface area contributed by atoms with E-state index >= 15 is 0 Å². The van der Waals surface area contributed by atoms with E-state index in [-0.39, 0.29) is 17.1 Å². The molecule has 0 radical (unpaired) electrons.